The maximum Gasteiger partial charge on any atom is 0.322 e. The highest BCUT2D eigenvalue weighted by Gasteiger charge is 2.17. The zero-order chi connectivity index (χ0) is 16.7. The number of nitriles is 1. The molecular formula is C17H15F2N3O. The van der Waals surface area contributed by atoms with Crippen LogP contribution in [0.15, 0.2) is 48.5 Å². The minimum Gasteiger partial charge on any atom is -0.319 e. The quantitative estimate of drug-likeness (QED) is 0.909. The summed E-state index contributed by atoms with van der Waals surface area (Å²) in [5, 5.41) is 10.9. The lowest BCUT2D eigenvalue weighted by molar-refractivity contribution is 0.210. The number of benzene rings is 2. The number of hydrogen-bond acceptors (Lipinski definition) is 2. The predicted molar refractivity (Wildman–Crippen MR) is 82.5 cm³/mol. The van der Waals surface area contributed by atoms with E-state index in [1.807, 2.05) is 36.4 Å². The molecule has 0 bridgehead atoms. The van der Waals surface area contributed by atoms with Crippen molar-refractivity contribution >= 4 is 11.7 Å². The molecular weight excluding hydrogens is 300 g/mol. The number of halogens is 2. The summed E-state index contributed by atoms with van der Waals surface area (Å²) in [7, 11) is 0. The number of carbonyl (C=O) groups is 1. The van der Waals surface area contributed by atoms with Crippen molar-refractivity contribution in [2.45, 2.75) is 13.0 Å². The van der Waals surface area contributed by atoms with E-state index < -0.39 is 23.4 Å². The average molecular weight is 315 g/mol. The van der Waals surface area contributed by atoms with Crippen LogP contribution in [0.25, 0.3) is 0 Å². The van der Waals surface area contributed by atoms with E-state index >= 15 is 0 Å². The van der Waals surface area contributed by atoms with Crippen molar-refractivity contribution in [1.29, 1.82) is 5.26 Å². The first-order valence-corrected chi connectivity index (χ1v) is 7.02. The van der Waals surface area contributed by atoms with E-state index in [9.17, 15) is 13.6 Å². The summed E-state index contributed by atoms with van der Waals surface area (Å²) in [4.78, 5) is 13.6. The third kappa shape index (κ3) is 4.51. The van der Waals surface area contributed by atoms with Crippen LogP contribution in [0.4, 0.5) is 19.3 Å². The van der Waals surface area contributed by atoms with Gasteiger partial charge < -0.3 is 10.2 Å². The predicted octanol–water partition coefficient (Wildman–Crippen LogP) is 3.91. The van der Waals surface area contributed by atoms with Crippen LogP contribution in [0.1, 0.15) is 12.0 Å². The molecule has 0 aliphatic rings. The molecule has 23 heavy (non-hydrogen) atoms. The standard InChI is InChI=1S/C17H15F2N3O/c18-14-8-4-9-15(19)16(14)21-17(23)22(11-5-10-20)12-13-6-2-1-3-7-13/h1-4,6-9H,5,11-12H2,(H,21,23). The Balaban J connectivity index is 2.15. The van der Waals surface area contributed by atoms with E-state index in [0.717, 1.165) is 17.7 Å². The SMILES string of the molecule is N#CCCN(Cc1ccccc1)C(=O)Nc1c(F)cccc1F. The molecule has 0 aromatic heterocycles. The fraction of sp³-hybridized carbons (Fsp3) is 0.176. The second kappa shape index (κ2) is 7.90. The van der Waals surface area contributed by atoms with Gasteiger partial charge >= 0.3 is 6.03 Å². The van der Waals surface area contributed by atoms with Gasteiger partial charge in [-0.25, -0.2) is 13.6 Å². The van der Waals surface area contributed by atoms with Gasteiger partial charge in [0.25, 0.3) is 0 Å². The topological polar surface area (TPSA) is 56.1 Å². The third-order valence-electron chi connectivity index (χ3n) is 3.19. The number of anilines is 1. The third-order valence-corrected chi connectivity index (χ3v) is 3.19. The van der Waals surface area contributed by atoms with Crippen LogP contribution < -0.4 is 5.32 Å². The molecule has 0 atom stereocenters. The highest BCUT2D eigenvalue weighted by atomic mass is 19.1. The lowest BCUT2D eigenvalue weighted by Gasteiger charge is -2.22. The Morgan fingerprint density at radius 2 is 1.74 bits per heavy atom. The molecule has 1 N–H and O–H groups in total. The highest BCUT2D eigenvalue weighted by Crippen LogP contribution is 2.19. The summed E-state index contributed by atoms with van der Waals surface area (Å²) in [6.07, 6.45) is 0.125. The molecule has 6 heteroatoms. The molecule has 4 nitrogen and oxygen atoms in total. The largest absolute Gasteiger partial charge is 0.322 e. The fourth-order valence-corrected chi connectivity index (χ4v) is 2.04. The van der Waals surface area contributed by atoms with Crippen molar-refractivity contribution < 1.29 is 13.6 Å². The molecule has 0 fully saturated rings. The Bertz CT molecular complexity index is 693. The molecule has 0 saturated carbocycles. The second-order valence-corrected chi connectivity index (χ2v) is 4.84. The number of urea groups is 1. The first kappa shape index (κ1) is 16.4. The molecule has 2 rings (SSSR count). The Morgan fingerprint density at radius 3 is 2.35 bits per heavy atom. The second-order valence-electron chi connectivity index (χ2n) is 4.84. The lowest BCUT2D eigenvalue weighted by Crippen LogP contribution is -2.35. The molecule has 0 radical (unpaired) electrons. The van der Waals surface area contributed by atoms with Crippen molar-refractivity contribution in [3.05, 3.63) is 65.7 Å². The van der Waals surface area contributed by atoms with Gasteiger partial charge in [-0.1, -0.05) is 36.4 Å². The van der Waals surface area contributed by atoms with Gasteiger partial charge in [0.1, 0.15) is 17.3 Å². The van der Waals surface area contributed by atoms with Crippen molar-refractivity contribution in [3.8, 4) is 6.07 Å². The van der Waals surface area contributed by atoms with Gasteiger partial charge in [0.2, 0.25) is 0 Å². The zero-order valence-electron chi connectivity index (χ0n) is 12.3. The number of carbonyl (C=O) groups excluding carboxylic acids is 1. The summed E-state index contributed by atoms with van der Waals surface area (Å²) >= 11 is 0. The highest BCUT2D eigenvalue weighted by molar-refractivity contribution is 5.89. The van der Waals surface area contributed by atoms with E-state index in [4.69, 9.17) is 5.26 Å². The van der Waals surface area contributed by atoms with Gasteiger partial charge in [0.05, 0.1) is 12.5 Å². The van der Waals surface area contributed by atoms with Gasteiger partial charge in [-0.2, -0.15) is 5.26 Å². The summed E-state index contributed by atoms with van der Waals surface area (Å²) in [5.41, 5.74) is 0.363. The number of para-hydroxylation sites is 1. The van der Waals surface area contributed by atoms with Crippen molar-refractivity contribution in [2.75, 3.05) is 11.9 Å². The molecule has 0 saturated heterocycles. The number of hydrogen-bond donors (Lipinski definition) is 1. The van der Waals surface area contributed by atoms with Crippen LogP contribution in [0.2, 0.25) is 0 Å². The van der Waals surface area contributed by atoms with E-state index in [0.29, 0.717) is 0 Å². The van der Waals surface area contributed by atoms with Crippen molar-refractivity contribution in [2.24, 2.45) is 0 Å². The number of amides is 2. The smallest absolute Gasteiger partial charge is 0.319 e. The van der Waals surface area contributed by atoms with E-state index in [1.54, 1.807) is 0 Å². The fourth-order valence-electron chi connectivity index (χ4n) is 2.04. The van der Waals surface area contributed by atoms with Crippen LogP contribution in [-0.2, 0) is 6.54 Å². The van der Waals surface area contributed by atoms with Crippen molar-refractivity contribution in [3.63, 3.8) is 0 Å². The average Bonchev–Trinajstić information content (AvgIpc) is 2.55. The molecule has 0 heterocycles. The van der Waals surface area contributed by atoms with Crippen LogP contribution in [0, 0.1) is 23.0 Å². The van der Waals surface area contributed by atoms with E-state index in [2.05, 4.69) is 5.32 Å². The first-order valence-electron chi connectivity index (χ1n) is 7.02. The molecule has 0 spiro atoms. The van der Waals surface area contributed by atoms with Crippen LogP contribution >= 0.6 is 0 Å². The Morgan fingerprint density at radius 1 is 1.09 bits per heavy atom. The zero-order valence-corrected chi connectivity index (χ0v) is 12.3. The van der Waals surface area contributed by atoms with Crippen LogP contribution in [-0.4, -0.2) is 17.5 Å². The minimum atomic E-state index is -0.849. The monoisotopic (exact) mass is 315 g/mol. The maximum absolute atomic E-state index is 13.6. The molecule has 2 amide bonds. The van der Waals surface area contributed by atoms with Crippen molar-refractivity contribution in [1.82, 2.24) is 4.90 Å². The van der Waals surface area contributed by atoms with Gasteiger partial charge in [0.15, 0.2) is 0 Å². The van der Waals surface area contributed by atoms with Crippen LogP contribution in [0.5, 0.6) is 0 Å². The van der Waals surface area contributed by atoms with Gasteiger partial charge in [0, 0.05) is 13.1 Å². The van der Waals surface area contributed by atoms with E-state index in [-0.39, 0.29) is 19.5 Å². The molecule has 118 valence electrons. The Labute approximate surface area is 133 Å². The van der Waals surface area contributed by atoms with E-state index in [1.165, 1.54) is 11.0 Å². The summed E-state index contributed by atoms with van der Waals surface area (Å²) < 4.78 is 27.3. The number of nitrogens with one attached hydrogen (secondary N) is 1. The van der Waals surface area contributed by atoms with Gasteiger partial charge in [-0.05, 0) is 17.7 Å². The summed E-state index contributed by atoms with van der Waals surface area (Å²) in [5.74, 6) is -1.70. The van der Waals surface area contributed by atoms with Gasteiger partial charge in [-0.3, -0.25) is 0 Å². The number of nitrogens with zero attached hydrogens (tertiary/aromatic N) is 2. The van der Waals surface area contributed by atoms with Gasteiger partial charge in [-0.15, -0.1) is 0 Å². The normalized spacial score (nSPS) is 9.96. The summed E-state index contributed by atoms with van der Waals surface area (Å²) in [6, 6.07) is 13.8. The van der Waals surface area contributed by atoms with Crippen LogP contribution in [0.3, 0.4) is 0 Å². The summed E-state index contributed by atoms with van der Waals surface area (Å²) in [6.45, 7) is 0.401. The molecule has 0 aliphatic heterocycles. The Hall–Kier alpha value is -2.94. The molecule has 0 aliphatic carbocycles. The minimum absolute atomic E-state index is 0.125. The molecule has 0 unspecified atom stereocenters. The molecule has 2 aromatic carbocycles. The lowest BCUT2D eigenvalue weighted by atomic mass is 10.2. The first-order chi connectivity index (χ1) is 11.1. The Kier molecular flexibility index (Phi) is 5.64. The number of rotatable bonds is 5. The molecule has 2 aromatic rings. The maximum atomic E-state index is 13.6.